The Bertz CT molecular complexity index is 1070. The van der Waals surface area contributed by atoms with Crippen molar-refractivity contribution >= 4 is 24.1 Å². The van der Waals surface area contributed by atoms with Crippen LogP contribution in [0.3, 0.4) is 0 Å². The van der Waals surface area contributed by atoms with E-state index in [0.717, 1.165) is 11.1 Å². The van der Waals surface area contributed by atoms with Gasteiger partial charge in [-0.2, -0.15) is 0 Å². The molecule has 0 saturated heterocycles. The smallest absolute Gasteiger partial charge is 0.331 e. The number of hydrogen-bond donors (Lipinski definition) is 0. The van der Waals surface area contributed by atoms with Crippen LogP contribution in [-0.4, -0.2) is 25.7 Å². The summed E-state index contributed by atoms with van der Waals surface area (Å²) in [7, 11) is 1.53. The van der Waals surface area contributed by atoms with Crippen LogP contribution in [0.4, 0.5) is 0 Å². The number of benzene rings is 3. The lowest BCUT2D eigenvalue weighted by Crippen LogP contribution is -2.18. The molecule has 0 amide bonds. The Morgan fingerprint density at radius 2 is 1.28 bits per heavy atom. The number of carbonyl (C=O) groups is 2. The van der Waals surface area contributed by atoms with Crippen LogP contribution < -0.4 is 4.74 Å². The predicted molar refractivity (Wildman–Crippen MR) is 124 cm³/mol. The normalized spacial score (nSPS) is 11.9. The SMILES string of the molecule is COc1ccccc1[C@@H](COC(=O)/C=C/c1ccccc1)OC(=O)/C=C/c1ccccc1. The highest BCUT2D eigenvalue weighted by atomic mass is 16.6. The standard InChI is InChI=1S/C27H24O5/c1-30-24-15-9-8-14-23(24)25(32-27(29)19-17-22-12-6-3-7-13-22)20-31-26(28)18-16-21-10-4-2-5-11-21/h2-19,25H,20H2,1H3/b18-16+,19-17+/t25-/m1/s1. The highest BCUT2D eigenvalue weighted by Crippen LogP contribution is 2.28. The van der Waals surface area contributed by atoms with Crippen LogP contribution in [0, 0.1) is 0 Å². The summed E-state index contributed by atoms with van der Waals surface area (Å²) in [4.78, 5) is 24.7. The maximum absolute atomic E-state index is 12.5. The lowest BCUT2D eigenvalue weighted by atomic mass is 10.1. The lowest BCUT2D eigenvalue weighted by Gasteiger charge is -2.19. The summed E-state index contributed by atoms with van der Waals surface area (Å²) >= 11 is 0. The summed E-state index contributed by atoms with van der Waals surface area (Å²) in [5.41, 5.74) is 2.36. The van der Waals surface area contributed by atoms with Crippen LogP contribution in [0.2, 0.25) is 0 Å². The van der Waals surface area contributed by atoms with E-state index in [1.54, 1.807) is 30.4 Å². The van der Waals surface area contributed by atoms with Crippen molar-refractivity contribution in [3.8, 4) is 5.75 Å². The molecule has 1 atom stereocenters. The van der Waals surface area contributed by atoms with Gasteiger partial charge in [0.15, 0.2) is 6.10 Å². The van der Waals surface area contributed by atoms with Crippen LogP contribution in [0.5, 0.6) is 5.75 Å². The Morgan fingerprint density at radius 1 is 0.750 bits per heavy atom. The van der Waals surface area contributed by atoms with Crippen molar-refractivity contribution < 1.29 is 23.8 Å². The first kappa shape index (κ1) is 22.6. The van der Waals surface area contributed by atoms with Crippen LogP contribution in [0.1, 0.15) is 22.8 Å². The van der Waals surface area contributed by atoms with Crippen molar-refractivity contribution in [1.82, 2.24) is 0 Å². The fraction of sp³-hybridized carbons (Fsp3) is 0.111. The van der Waals surface area contributed by atoms with Gasteiger partial charge in [-0.05, 0) is 29.3 Å². The molecule has 0 aliphatic carbocycles. The lowest BCUT2D eigenvalue weighted by molar-refractivity contribution is -0.153. The largest absolute Gasteiger partial charge is 0.496 e. The highest BCUT2D eigenvalue weighted by molar-refractivity contribution is 5.88. The van der Waals surface area contributed by atoms with Crippen molar-refractivity contribution in [2.75, 3.05) is 13.7 Å². The summed E-state index contributed by atoms with van der Waals surface area (Å²) in [6.45, 7) is -0.150. The number of ether oxygens (including phenoxy) is 3. The first-order valence-electron chi connectivity index (χ1n) is 10.1. The zero-order valence-corrected chi connectivity index (χ0v) is 17.7. The first-order chi connectivity index (χ1) is 15.7. The fourth-order valence-electron chi connectivity index (χ4n) is 2.96. The molecule has 3 aromatic rings. The minimum atomic E-state index is -0.826. The average Bonchev–Trinajstić information content (AvgIpc) is 2.85. The number of para-hydroxylation sites is 1. The molecule has 162 valence electrons. The third-order valence-electron chi connectivity index (χ3n) is 4.54. The molecule has 3 aromatic carbocycles. The van der Waals surface area contributed by atoms with E-state index in [9.17, 15) is 9.59 Å². The van der Waals surface area contributed by atoms with E-state index in [-0.39, 0.29) is 6.61 Å². The van der Waals surface area contributed by atoms with Crippen LogP contribution in [0.15, 0.2) is 97.1 Å². The van der Waals surface area contributed by atoms with Gasteiger partial charge >= 0.3 is 11.9 Å². The summed E-state index contributed by atoms with van der Waals surface area (Å²) < 4.78 is 16.4. The minimum absolute atomic E-state index is 0.150. The molecule has 0 fully saturated rings. The van der Waals surface area contributed by atoms with E-state index in [4.69, 9.17) is 14.2 Å². The van der Waals surface area contributed by atoms with Gasteiger partial charge in [0.2, 0.25) is 0 Å². The molecule has 5 nitrogen and oxygen atoms in total. The Labute approximate surface area is 187 Å². The third kappa shape index (κ3) is 6.99. The molecule has 0 unspecified atom stereocenters. The minimum Gasteiger partial charge on any atom is -0.496 e. The van der Waals surface area contributed by atoms with E-state index in [2.05, 4.69) is 0 Å². The van der Waals surface area contributed by atoms with Gasteiger partial charge in [-0.1, -0.05) is 78.9 Å². The second kappa shape index (κ2) is 11.9. The molecule has 0 heterocycles. The van der Waals surface area contributed by atoms with E-state index in [1.807, 2.05) is 66.7 Å². The molecule has 32 heavy (non-hydrogen) atoms. The van der Waals surface area contributed by atoms with Gasteiger partial charge in [-0.15, -0.1) is 0 Å². The first-order valence-corrected chi connectivity index (χ1v) is 10.1. The monoisotopic (exact) mass is 428 g/mol. The van der Waals surface area contributed by atoms with Crippen molar-refractivity contribution in [2.24, 2.45) is 0 Å². The van der Waals surface area contributed by atoms with E-state index < -0.39 is 18.0 Å². The number of hydrogen-bond acceptors (Lipinski definition) is 5. The van der Waals surface area contributed by atoms with Crippen LogP contribution in [0.25, 0.3) is 12.2 Å². The number of rotatable bonds is 9. The average molecular weight is 428 g/mol. The zero-order valence-electron chi connectivity index (χ0n) is 17.7. The van der Waals surface area contributed by atoms with E-state index >= 15 is 0 Å². The molecule has 0 aromatic heterocycles. The van der Waals surface area contributed by atoms with Gasteiger partial charge < -0.3 is 14.2 Å². The molecule has 0 bridgehead atoms. The molecule has 0 aliphatic rings. The molecule has 0 N–H and O–H groups in total. The second-order valence-corrected chi connectivity index (χ2v) is 6.79. The van der Waals surface area contributed by atoms with Crippen LogP contribution >= 0.6 is 0 Å². The van der Waals surface area contributed by atoms with Gasteiger partial charge in [-0.25, -0.2) is 9.59 Å². The van der Waals surface area contributed by atoms with Gasteiger partial charge in [0.05, 0.1) is 7.11 Å². The maximum atomic E-state index is 12.5. The Morgan fingerprint density at radius 3 is 1.88 bits per heavy atom. The topological polar surface area (TPSA) is 61.8 Å². The zero-order chi connectivity index (χ0) is 22.6. The molecular weight excluding hydrogens is 404 g/mol. The van der Waals surface area contributed by atoms with Crippen molar-refractivity contribution in [1.29, 1.82) is 0 Å². The predicted octanol–water partition coefficient (Wildman–Crippen LogP) is 5.25. The van der Waals surface area contributed by atoms with Crippen molar-refractivity contribution in [3.63, 3.8) is 0 Å². The van der Waals surface area contributed by atoms with Gasteiger partial charge in [0.25, 0.3) is 0 Å². The van der Waals surface area contributed by atoms with E-state index in [0.29, 0.717) is 11.3 Å². The van der Waals surface area contributed by atoms with Crippen LogP contribution in [-0.2, 0) is 19.1 Å². The van der Waals surface area contributed by atoms with Gasteiger partial charge in [0, 0.05) is 17.7 Å². The molecule has 3 rings (SSSR count). The molecule has 0 spiro atoms. The Kier molecular flexibility index (Phi) is 8.40. The number of methoxy groups -OCH3 is 1. The highest BCUT2D eigenvalue weighted by Gasteiger charge is 2.21. The van der Waals surface area contributed by atoms with Gasteiger partial charge in [0.1, 0.15) is 12.4 Å². The number of carbonyl (C=O) groups excluding carboxylic acids is 2. The summed E-state index contributed by atoms with van der Waals surface area (Å²) in [5, 5.41) is 0. The quantitative estimate of drug-likeness (QED) is 0.344. The fourth-order valence-corrected chi connectivity index (χ4v) is 2.96. The Hall–Kier alpha value is -4.12. The molecule has 0 saturated carbocycles. The second-order valence-electron chi connectivity index (χ2n) is 6.79. The molecule has 5 heteroatoms. The van der Waals surface area contributed by atoms with Crippen molar-refractivity contribution in [3.05, 3.63) is 114 Å². The van der Waals surface area contributed by atoms with Gasteiger partial charge in [-0.3, -0.25) is 0 Å². The molecular formula is C27H24O5. The maximum Gasteiger partial charge on any atom is 0.331 e. The molecule has 0 aliphatic heterocycles. The number of esters is 2. The molecule has 0 radical (unpaired) electrons. The summed E-state index contributed by atoms with van der Waals surface area (Å²) in [6, 6.07) is 26.0. The third-order valence-corrected chi connectivity index (χ3v) is 4.54. The summed E-state index contributed by atoms with van der Waals surface area (Å²) in [6.07, 6.45) is 5.18. The van der Waals surface area contributed by atoms with Crippen molar-refractivity contribution in [2.45, 2.75) is 6.10 Å². The summed E-state index contributed by atoms with van der Waals surface area (Å²) in [5.74, 6) is -0.557. The Balaban J connectivity index is 1.69. The van der Waals surface area contributed by atoms with E-state index in [1.165, 1.54) is 19.3 Å².